The number of cyclic esters (lactones) is 1. The molecule has 1 aliphatic heterocycles. The standard InChI is InChI=1S/C4H7O5P/c5-4-1-3(9-4)2-10(6,7)8/h3H,1-2H2,(H2,6,7,8)/p-2. The van der Waals surface area contributed by atoms with Crippen molar-refractivity contribution >= 4 is 13.6 Å². The van der Waals surface area contributed by atoms with Gasteiger partial charge in [0.1, 0.15) is 6.10 Å². The van der Waals surface area contributed by atoms with Crippen LogP contribution in [0.3, 0.4) is 0 Å². The van der Waals surface area contributed by atoms with Gasteiger partial charge in [0.25, 0.3) is 0 Å². The molecule has 1 unspecified atom stereocenters. The molecule has 1 saturated heterocycles. The van der Waals surface area contributed by atoms with Crippen molar-refractivity contribution in [2.45, 2.75) is 12.5 Å². The van der Waals surface area contributed by atoms with Crippen molar-refractivity contribution in [3.05, 3.63) is 0 Å². The summed E-state index contributed by atoms with van der Waals surface area (Å²) in [6.07, 6.45) is -1.21. The number of esters is 1. The van der Waals surface area contributed by atoms with E-state index in [0.29, 0.717) is 0 Å². The molecule has 0 saturated carbocycles. The molecular formula is C4H5O5P-2. The molecule has 1 fully saturated rings. The third-order valence-electron chi connectivity index (χ3n) is 1.12. The second-order valence-electron chi connectivity index (χ2n) is 2.11. The molecule has 58 valence electrons. The zero-order valence-electron chi connectivity index (χ0n) is 4.98. The Kier molecular flexibility index (Phi) is 1.81. The van der Waals surface area contributed by atoms with E-state index >= 15 is 0 Å². The van der Waals surface area contributed by atoms with Crippen LogP contribution in [-0.2, 0) is 14.1 Å². The highest BCUT2D eigenvalue weighted by molar-refractivity contribution is 7.48. The Morgan fingerprint density at radius 3 is 2.50 bits per heavy atom. The topological polar surface area (TPSA) is 89.5 Å². The highest BCUT2D eigenvalue weighted by atomic mass is 31.2. The summed E-state index contributed by atoms with van der Waals surface area (Å²) >= 11 is 0. The molecule has 0 aromatic rings. The first kappa shape index (κ1) is 7.72. The maximum Gasteiger partial charge on any atom is 0.309 e. The van der Waals surface area contributed by atoms with Gasteiger partial charge in [-0.25, -0.2) is 0 Å². The fraction of sp³-hybridized carbons (Fsp3) is 0.750. The minimum absolute atomic E-state index is 0.0501. The Morgan fingerprint density at radius 2 is 2.20 bits per heavy atom. The molecule has 1 aliphatic rings. The van der Waals surface area contributed by atoms with E-state index in [2.05, 4.69) is 4.74 Å². The van der Waals surface area contributed by atoms with Crippen molar-refractivity contribution in [1.82, 2.24) is 0 Å². The van der Waals surface area contributed by atoms with Gasteiger partial charge in [-0.3, -0.25) is 4.79 Å². The average molecular weight is 164 g/mol. The highest BCUT2D eigenvalue weighted by Gasteiger charge is 2.28. The van der Waals surface area contributed by atoms with Crippen LogP contribution in [0.5, 0.6) is 0 Å². The molecule has 0 N–H and O–H groups in total. The lowest BCUT2D eigenvalue weighted by molar-refractivity contribution is -0.314. The van der Waals surface area contributed by atoms with Crippen molar-refractivity contribution in [1.29, 1.82) is 0 Å². The summed E-state index contributed by atoms with van der Waals surface area (Å²) in [7, 11) is -4.49. The van der Waals surface area contributed by atoms with E-state index in [4.69, 9.17) is 0 Å². The predicted molar refractivity (Wildman–Crippen MR) is 27.0 cm³/mol. The molecule has 0 aromatic carbocycles. The molecule has 0 aromatic heterocycles. The van der Waals surface area contributed by atoms with Crippen LogP contribution in [0.25, 0.3) is 0 Å². The van der Waals surface area contributed by atoms with Crippen molar-refractivity contribution in [3.8, 4) is 0 Å². The molecule has 1 heterocycles. The maximum absolute atomic E-state index is 10.1. The Labute approximate surface area is 57.2 Å². The molecular weight excluding hydrogens is 159 g/mol. The summed E-state index contributed by atoms with van der Waals surface area (Å²) in [6.45, 7) is 0. The van der Waals surface area contributed by atoms with E-state index < -0.39 is 25.8 Å². The normalized spacial score (nSPS) is 25.4. The van der Waals surface area contributed by atoms with Gasteiger partial charge in [0.05, 0.1) is 6.42 Å². The number of hydrogen-bond acceptors (Lipinski definition) is 5. The summed E-state index contributed by atoms with van der Waals surface area (Å²) in [4.78, 5) is 30.1. The number of carbonyl (C=O) groups is 1. The van der Waals surface area contributed by atoms with Gasteiger partial charge in [-0.05, 0) is 0 Å². The van der Waals surface area contributed by atoms with Crippen LogP contribution in [0, 0.1) is 0 Å². The van der Waals surface area contributed by atoms with E-state index in [1.165, 1.54) is 0 Å². The zero-order valence-corrected chi connectivity index (χ0v) is 5.87. The first-order valence-electron chi connectivity index (χ1n) is 2.68. The molecule has 5 nitrogen and oxygen atoms in total. The third kappa shape index (κ3) is 2.10. The fourth-order valence-corrected chi connectivity index (χ4v) is 1.42. The second kappa shape index (κ2) is 2.34. The summed E-state index contributed by atoms with van der Waals surface area (Å²) in [5.74, 6) is -0.446. The molecule has 1 atom stereocenters. The van der Waals surface area contributed by atoms with Gasteiger partial charge >= 0.3 is 5.97 Å². The van der Waals surface area contributed by atoms with E-state index in [1.54, 1.807) is 0 Å². The number of carbonyl (C=O) groups excluding carboxylic acids is 1. The van der Waals surface area contributed by atoms with Crippen LogP contribution < -0.4 is 9.79 Å². The monoisotopic (exact) mass is 164 g/mol. The quantitative estimate of drug-likeness (QED) is 0.355. The van der Waals surface area contributed by atoms with Crippen LogP contribution >= 0.6 is 7.60 Å². The SMILES string of the molecule is O=C1CC(CP(=O)([O-])[O-])O1. The fourth-order valence-electron chi connectivity index (χ4n) is 0.713. The molecule has 0 bridgehead atoms. The molecule has 0 spiro atoms. The predicted octanol–water partition coefficient (Wildman–Crippen LogP) is -1.78. The van der Waals surface area contributed by atoms with Crippen LogP contribution in [0.2, 0.25) is 0 Å². The van der Waals surface area contributed by atoms with Gasteiger partial charge in [-0.2, -0.15) is 0 Å². The minimum atomic E-state index is -4.49. The lowest BCUT2D eigenvalue weighted by Gasteiger charge is -2.36. The first-order chi connectivity index (χ1) is 4.47. The Hall–Kier alpha value is -0.380. The van der Waals surface area contributed by atoms with Crippen LogP contribution in [-0.4, -0.2) is 18.2 Å². The van der Waals surface area contributed by atoms with Crippen molar-refractivity contribution < 1.29 is 23.9 Å². The Morgan fingerprint density at radius 1 is 1.70 bits per heavy atom. The maximum atomic E-state index is 10.1. The van der Waals surface area contributed by atoms with E-state index in [1.807, 2.05) is 0 Å². The summed E-state index contributed by atoms with van der Waals surface area (Å²) < 4.78 is 14.3. The van der Waals surface area contributed by atoms with Crippen LogP contribution in [0.1, 0.15) is 6.42 Å². The van der Waals surface area contributed by atoms with Gasteiger partial charge < -0.3 is 19.1 Å². The average Bonchev–Trinajstić information content (AvgIpc) is 1.57. The second-order valence-corrected chi connectivity index (χ2v) is 3.70. The molecule has 0 radical (unpaired) electrons. The highest BCUT2D eigenvalue weighted by Crippen LogP contribution is 2.29. The first-order valence-corrected chi connectivity index (χ1v) is 4.41. The lowest BCUT2D eigenvalue weighted by atomic mass is 10.2. The van der Waals surface area contributed by atoms with Gasteiger partial charge in [0.2, 0.25) is 0 Å². The van der Waals surface area contributed by atoms with Crippen LogP contribution in [0.4, 0.5) is 0 Å². The molecule has 0 amide bonds. The lowest BCUT2D eigenvalue weighted by Crippen LogP contribution is -2.38. The van der Waals surface area contributed by atoms with Crippen LogP contribution in [0.15, 0.2) is 0 Å². The summed E-state index contributed by atoms with van der Waals surface area (Å²) in [6, 6.07) is 0. The minimum Gasteiger partial charge on any atom is -0.811 e. The summed E-state index contributed by atoms with van der Waals surface area (Å²) in [5, 5.41) is 0. The van der Waals surface area contributed by atoms with Crippen molar-refractivity contribution in [3.63, 3.8) is 0 Å². The van der Waals surface area contributed by atoms with E-state index in [9.17, 15) is 19.1 Å². The summed E-state index contributed by atoms with van der Waals surface area (Å²) in [5.41, 5.74) is 0. The Bertz CT molecular complexity index is 186. The van der Waals surface area contributed by atoms with Gasteiger partial charge in [-0.15, -0.1) is 0 Å². The smallest absolute Gasteiger partial charge is 0.309 e. The molecule has 1 rings (SSSR count). The Balaban J connectivity index is 2.29. The largest absolute Gasteiger partial charge is 0.811 e. The number of hydrogen-bond donors (Lipinski definition) is 0. The number of ether oxygens (including phenoxy) is 1. The van der Waals surface area contributed by atoms with Gasteiger partial charge in [0, 0.05) is 6.16 Å². The van der Waals surface area contributed by atoms with Gasteiger partial charge in [0.15, 0.2) is 0 Å². The zero-order chi connectivity index (χ0) is 7.78. The van der Waals surface area contributed by atoms with Gasteiger partial charge in [-0.1, -0.05) is 7.60 Å². The van der Waals surface area contributed by atoms with Crippen molar-refractivity contribution in [2.24, 2.45) is 0 Å². The van der Waals surface area contributed by atoms with Crippen molar-refractivity contribution in [2.75, 3.05) is 6.16 Å². The van der Waals surface area contributed by atoms with E-state index in [-0.39, 0.29) is 6.42 Å². The van der Waals surface area contributed by atoms with E-state index in [0.717, 1.165) is 0 Å². The third-order valence-corrected chi connectivity index (χ3v) is 1.97. The number of rotatable bonds is 2. The molecule has 6 heteroatoms. The molecule has 0 aliphatic carbocycles. The molecule has 10 heavy (non-hydrogen) atoms.